The zero-order valence-corrected chi connectivity index (χ0v) is 17.1. The van der Waals surface area contributed by atoms with Gasteiger partial charge in [-0.15, -0.1) is 0 Å². The molecule has 0 spiro atoms. The van der Waals surface area contributed by atoms with Gasteiger partial charge in [0.25, 0.3) is 0 Å². The Bertz CT molecular complexity index is 851. The van der Waals surface area contributed by atoms with Gasteiger partial charge in [0.05, 0.1) is 17.2 Å². The summed E-state index contributed by atoms with van der Waals surface area (Å²) in [5, 5.41) is 0. The molecule has 0 radical (unpaired) electrons. The fourth-order valence-corrected chi connectivity index (χ4v) is 4.79. The molecule has 1 saturated heterocycles. The van der Waals surface area contributed by atoms with Crippen LogP contribution in [0, 0.1) is 0 Å². The van der Waals surface area contributed by atoms with Crippen LogP contribution in [-0.4, -0.2) is 80.7 Å². The van der Waals surface area contributed by atoms with Crippen LogP contribution in [0.1, 0.15) is 13.3 Å². The second kappa shape index (κ2) is 8.70. The van der Waals surface area contributed by atoms with Crippen LogP contribution in [0.15, 0.2) is 24.3 Å². The topological polar surface area (TPSA) is 121 Å². The monoisotopic (exact) mass is 410 g/mol. The van der Waals surface area contributed by atoms with E-state index in [4.69, 9.17) is 5.73 Å². The predicted octanol–water partition coefficient (Wildman–Crippen LogP) is -0.274. The van der Waals surface area contributed by atoms with Gasteiger partial charge >= 0.3 is 11.8 Å². The Kier molecular flexibility index (Phi) is 6.78. The largest absolute Gasteiger partial charge is 0.399 e. The Morgan fingerprint density at radius 2 is 1.68 bits per heavy atom. The van der Waals surface area contributed by atoms with E-state index < -0.39 is 33.6 Å². The predicted molar refractivity (Wildman–Crippen MR) is 106 cm³/mol. The Morgan fingerprint density at radius 3 is 2.14 bits per heavy atom. The van der Waals surface area contributed by atoms with Crippen LogP contribution in [-0.2, 0) is 24.2 Å². The molecule has 1 aliphatic heterocycles. The number of likely N-dealkylation sites (N-methyl/N-ethyl adjacent to an activating group) is 1. The standard InChI is InChI=1S/C18H26N4O5S/c1-13(23)22(15-6-4-14(19)5-7-15)18(25)17(24)21(10-9-20(2)3)16-8-11-28(26,27)12-16/h4-7,16H,8-12,19H2,1-3H3. The van der Waals surface area contributed by atoms with Gasteiger partial charge in [0.2, 0.25) is 5.91 Å². The number of nitrogen functional groups attached to an aromatic ring is 1. The highest BCUT2D eigenvalue weighted by molar-refractivity contribution is 7.91. The summed E-state index contributed by atoms with van der Waals surface area (Å²) in [6, 6.07) is 5.42. The highest BCUT2D eigenvalue weighted by Gasteiger charge is 2.39. The molecule has 1 unspecified atom stereocenters. The lowest BCUT2D eigenvalue weighted by molar-refractivity contribution is -0.147. The van der Waals surface area contributed by atoms with Crippen molar-refractivity contribution in [2.45, 2.75) is 19.4 Å². The molecule has 1 aliphatic rings. The molecule has 28 heavy (non-hydrogen) atoms. The number of imide groups is 1. The molecular weight excluding hydrogens is 384 g/mol. The summed E-state index contributed by atoms with van der Waals surface area (Å²) in [5.41, 5.74) is 6.32. The van der Waals surface area contributed by atoms with Crippen molar-refractivity contribution in [3.8, 4) is 0 Å². The van der Waals surface area contributed by atoms with E-state index in [2.05, 4.69) is 0 Å². The zero-order chi connectivity index (χ0) is 21.1. The van der Waals surface area contributed by atoms with Gasteiger partial charge in [0, 0.05) is 31.7 Å². The first kappa shape index (κ1) is 21.8. The van der Waals surface area contributed by atoms with Crippen molar-refractivity contribution in [2.24, 2.45) is 0 Å². The number of amides is 3. The molecule has 1 aromatic carbocycles. The van der Waals surface area contributed by atoms with Gasteiger partial charge < -0.3 is 15.5 Å². The third kappa shape index (κ3) is 5.29. The van der Waals surface area contributed by atoms with Gasteiger partial charge in [-0.3, -0.25) is 14.4 Å². The molecule has 154 valence electrons. The second-order valence-corrected chi connectivity index (χ2v) is 9.34. The molecule has 0 aromatic heterocycles. The maximum Gasteiger partial charge on any atom is 0.323 e. The van der Waals surface area contributed by atoms with Crippen LogP contribution in [0.2, 0.25) is 0 Å². The molecule has 0 aliphatic carbocycles. The molecule has 1 aromatic rings. The molecular formula is C18H26N4O5S. The molecule has 10 heteroatoms. The van der Waals surface area contributed by atoms with E-state index in [1.54, 1.807) is 0 Å². The Morgan fingerprint density at radius 1 is 1.07 bits per heavy atom. The number of carbonyl (C=O) groups is 3. The lowest BCUT2D eigenvalue weighted by Crippen LogP contribution is -2.52. The Hall–Kier alpha value is -2.46. The van der Waals surface area contributed by atoms with Crippen LogP contribution in [0.5, 0.6) is 0 Å². The number of anilines is 2. The quantitative estimate of drug-likeness (QED) is 0.524. The van der Waals surface area contributed by atoms with Gasteiger partial charge in [0.1, 0.15) is 0 Å². The molecule has 1 atom stereocenters. The SMILES string of the molecule is CC(=O)N(C(=O)C(=O)N(CCN(C)C)C1CCS(=O)(=O)C1)c1ccc(N)cc1. The third-order valence-electron chi connectivity index (χ3n) is 4.55. The fraction of sp³-hybridized carbons (Fsp3) is 0.500. The normalized spacial score (nSPS) is 18.1. The molecule has 1 heterocycles. The minimum atomic E-state index is -3.25. The lowest BCUT2D eigenvalue weighted by Gasteiger charge is -2.30. The van der Waals surface area contributed by atoms with Gasteiger partial charge in [0.15, 0.2) is 9.84 Å². The first-order chi connectivity index (χ1) is 13.0. The summed E-state index contributed by atoms with van der Waals surface area (Å²) >= 11 is 0. The average Bonchev–Trinajstić information content (AvgIpc) is 2.95. The molecule has 9 nitrogen and oxygen atoms in total. The van der Waals surface area contributed by atoms with Crippen molar-refractivity contribution in [1.82, 2.24) is 9.80 Å². The maximum absolute atomic E-state index is 13.0. The minimum Gasteiger partial charge on any atom is -0.399 e. The summed E-state index contributed by atoms with van der Waals surface area (Å²) in [6.45, 7) is 1.83. The van der Waals surface area contributed by atoms with Gasteiger partial charge in [-0.05, 0) is 44.8 Å². The van der Waals surface area contributed by atoms with Crippen LogP contribution >= 0.6 is 0 Å². The molecule has 0 saturated carbocycles. The van der Waals surface area contributed by atoms with Crippen LogP contribution in [0.4, 0.5) is 11.4 Å². The number of hydrogen-bond donors (Lipinski definition) is 1. The van der Waals surface area contributed by atoms with E-state index in [0.29, 0.717) is 12.2 Å². The van der Waals surface area contributed by atoms with Gasteiger partial charge in [-0.1, -0.05) is 0 Å². The Balaban J connectivity index is 2.30. The molecule has 0 bridgehead atoms. The summed E-state index contributed by atoms with van der Waals surface area (Å²) < 4.78 is 23.7. The number of hydrogen-bond acceptors (Lipinski definition) is 7. The summed E-state index contributed by atoms with van der Waals surface area (Å²) in [7, 11) is 0.378. The van der Waals surface area contributed by atoms with Crippen molar-refractivity contribution in [3.05, 3.63) is 24.3 Å². The molecule has 1 fully saturated rings. The van der Waals surface area contributed by atoms with Crippen molar-refractivity contribution in [2.75, 3.05) is 49.3 Å². The van der Waals surface area contributed by atoms with Crippen molar-refractivity contribution < 1.29 is 22.8 Å². The molecule has 2 rings (SSSR count). The van der Waals surface area contributed by atoms with Crippen molar-refractivity contribution in [1.29, 1.82) is 0 Å². The first-order valence-electron chi connectivity index (χ1n) is 8.88. The first-order valence-corrected chi connectivity index (χ1v) is 10.7. The minimum absolute atomic E-state index is 0.0218. The van der Waals surface area contributed by atoms with Crippen molar-refractivity contribution in [3.63, 3.8) is 0 Å². The maximum atomic E-state index is 13.0. The highest BCUT2D eigenvalue weighted by Crippen LogP contribution is 2.21. The average molecular weight is 410 g/mol. The number of nitrogens with zero attached hydrogens (tertiary/aromatic N) is 3. The van der Waals surface area contributed by atoms with Crippen LogP contribution < -0.4 is 10.6 Å². The van der Waals surface area contributed by atoms with Crippen molar-refractivity contribution >= 4 is 38.9 Å². The number of benzene rings is 1. The summed E-state index contributed by atoms with van der Waals surface area (Å²) in [4.78, 5) is 41.9. The lowest BCUT2D eigenvalue weighted by atomic mass is 10.2. The number of carbonyl (C=O) groups excluding carboxylic acids is 3. The summed E-state index contributed by atoms with van der Waals surface area (Å²) in [6.07, 6.45) is 0.275. The fourth-order valence-electron chi connectivity index (χ4n) is 3.06. The van der Waals surface area contributed by atoms with E-state index in [1.807, 2.05) is 19.0 Å². The van der Waals surface area contributed by atoms with Gasteiger partial charge in [-0.2, -0.15) is 0 Å². The molecule has 3 amide bonds. The molecule has 2 N–H and O–H groups in total. The second-order valence-electron chi connectivity index (χ2n) is 7.11. The Labute approximate surface area is 165 Å². The van der Waals surface area contributed by atoms with Crippen LogP contribution in [0.3, 0.4) is 0 Å². The number of sulfone groups is 1. The highest BCUT2D eigenvalue weighted by atomic mass is 32.2. The van der Waals surface area contributed by atoms with E-state index in [-0.39, 0.29) is 30.2 Å². The van der Waals surface area contributed by atoms with Crippen LogP contribution in [0.25, 0.3) is 0 Å². The van der Waals surface area contributed by atoms with E-state index in [1.165, 1.54) is 36.1 Å². The summed E-state index contributed by atoms with van der Waals surface area (Å²) in [5.74, 6) is -2.72. The van der Waals surface area contributed by atoms with E-state index >= 15 is 0 Å². The smallest absolute Gasteiger partial charge is 0.323 e. The van der Waals surface area contributed by atoms with Gasteiger partial charge in [-0.25, -0.2) is 13.3 Å². The number of nitrogens with two attached hydrogens (primary N) is 1. The van der Waals surface area contributed by atoms with E-state index in [0.717, 1.165) is 4.90 Å². The third-order valence-corrected chi connectivity index (χ3v) is 6.30. The number of rotatable bonds is 5. The zero-order valence-electron chi connectivity index (χ0n) is 16.3. The van der Waals surface area contributed by atoms with E-state index in [9.17, 15) is 22.8 Å².